The van der Waals surface area contributed by atoms with Crippen molar-refractivity contribution in [2.75, 3.05) is 0 Å². The predicted octanol–water partition coefficient (Wildman–Crippen LogP) is 6.30. The van der Waals surface area contributed by atoms with Gasteiger partial charge in [-0.1, -0.05) is 72.9 Å². The lowest BCUT2D eigenvalue weighted by Crippen LogP contribution is -2.15. The van der Waals surface area contributed by atoms with Gasteiger partial charge in [0.1, 0.15) is 11.9 Å². The van der Waals surface area contributed by atoms with Crippen LogP contribution in [0.4, 0.5) is 0 Å². The number of fused-ring (bicyclic) bond motifs is 3. The highest BCUT2D eigenvalue weighted by molar-refractivity contribution is 5.80. The lowest BCUT2D eigenvalue weighted by Gasteiger charge is -2.14. The minimum absolute atomic E-state index is 0.124. The normalized spacial score (nSPS) is 21.3. The molecule has 0 aromatic heterocycles. The summed E-state index contributed by atoms with van der Waals surface area (Å²) in [4.78, 5) is 0. The van der Waals surface area contributed by atoms with Gasteiger partial charge in [0.05, 0.1) is 0 Å². The van der Waals surface area contributed by atoms with E-state index in [0.717, 1.165) is 5.75 Å². The number of ether oxygens (including phenoxy) is 1. The fraction of sp³-hybridized carbons (Fsp3) is 0.167. The first-order chi connectivity index (χ1) is 12.3. The molecule has 1 heteroatoms. The van der Waals surface area contributed by atoms with Gasteiger partial charge in [0.25, 0.3) is 0 Å². The van der Waals surface area contributed by atoms with Gasteiger partial charge in [0.2, 0.25) is 0 Å². The summed E-state index contributed by atoms with van der Waals surface area (Å²) in [6, 6.07) is 15.2. The molecule has 0 amide bonds. The molecule has 2 unspecified atom stereocenters. The van der Waals surface area contributed by atoms with Crippen LogP contribution in [0, 0.1) is 0 Å². The fourth-order valence-electron chi connectivity index (χ4n) is 3.70. The van der Waals surface area contributed by atoms with Crippen LogP contribution in [0.1, 0.15) is 30.9 Å². The van der Waals surface area contributed by atoms with Gasteiger partial charge in [-0.25, -0.2) is 0 Å². The minimum Gasteiger partial charge on any atom is -0.484 e. The smallest absolute Gasteiger partial charge is 0.132 e. The van der Waals surface area contributed by atoms with E-state index in [4.69, 9.17) is 4.74 Å². The number of hydrogen-bond acceptors (Lipinski definition) is 1. The Balaban J connectivity index is 1.79. The van der Waals surface area contributed by atoms with Crippen molar-refractivity contribution in [3.63, 3.8) is 0 Å². The van der Waals surface area contributed by atoms with Crippen LogP contribution in [0.5, 0.6) is 5.75 Å². The van der Waals surface area contributed by atoms with Crippen molar-refractivity contribution in [3.05, 3.63) is 96.1 Å². The van der Waals surface area contributed by atoms with Gasteiger partial charge in [-0.15, -0.1) is 0 Å². The number of para-hydroxylation sites is 1. The highest BCUT2D eigenvalue weighted by Crippen LogP contribution is 2.46. The zero-order valence-electron chi connectivity index (χ0n) is 14.6. The molecule has 0 fully saturated rings. The molecule has 0 saturated heterocycles. The number of hydrogen-bond donors (Lipinski definition) is 0. The van der Waals surface area contributed by atoms with Gasteiger partial charge < -0.3 is 4.74 Å². The first-order valence-electron chi connectivity index (χ1n) is 8.86. The molecule has 1 aliphatic heterocycles. The molecule has 2 atom stereocenters. The van der Waals surface area contributed by atoms with Crippen molar-refractivity contribution >= 4 is 5.57 Å². The van der Waals surface area contributed by atoms with E-state index >= 15 is 0 Å². The van der Waals surface area contributed by atoms with E-state index in [0.29, 0.717) is 5.92 Å². The molecule has 2 aromatic rings. The van der Waals surface area contributed by atoms with E-state index in [9.17, 15) is 0 Å². The van der Waals surface area contributed by atoms with Gasteiger partial charge in [0, 0.05) is 17.0 Å². The maximum Gasteiger partial charge on any atom is 0.132 e. The minimum atomic E-state index is 0.124. The number of allylic oxidation sites excluding steroid dienone is 6. The van der Waals surface area contributed by atoms with Crippen molar-refractivity contribution in [2.24, 2.45) is 0 Å². The predicted molar refractivity (Wildman–Crippen MR) is 106 cm³/mol. The molecular formula is C24H22O. The average Bonchev–Trinajstić information content (AvgIpc) is 3.05. The fourth-order valence-corrected chi connectivity index (χ4v) is 3.70. The van der Waals surface area contributed by atoms with Gasteiger partial charge in [-0.05, 0) is 42.7 Å². The molecule has 0 N–H and O–H groups in total. The second kappa shape index (κ2) is 6.60. The molecular weight excluding hydrogens is 304 g/mol. The molecule has 2 aliphatic rings. The SMILES string of the molecule is CC=CC(=CC)c1cccc(-c2cccc3c2OC2C=CC=CC32)c1. The van der Waals surface area contributed by atoms with Crippen molar-refractivity contribution < 1.29 is 4.74 Å². The van der Waals surface area contributed by atoms with E-state index in [-0.39, 0.29) is 6.10 Å². The van der Waals surface area contributed by atoms with Crippen LogP contribution >= 0.6 is 0 Å². The molecule has 0 radical (unpaired) electrons. The summed E-state index contributed by atoms with van der Waals surface area (Å²) in [7, 11) is 0. The second-order valence-electron chi connectivity index (χ2n) is 6.43. The van der Waals surface area contributed by atoms with Gasteiger partial charge >= 0.3 is 0 Å². The zero-order valence-corrected chi connectivity index (χ0v) is 14.6. The summed E-state index contributed by atoms with van der Waals surface area (Å²) in [5.74, 6) is 1.36. The number of benzene rings is 2. The Morgan fingerprint density at radius 2 is 1.84 bits per heavy atom. The first kappa shape index (κ1) is 15.7. The Kier molecular flexibility index (Phi) is 4.15. The summed E-state index contributed by atoms with van der Waals surface area (Å²) >= 11 is 0. The molecule has 1 heterocycles. The van der Waals surface area contributed by atoms with E-state index < -0.39 is 0 Å². The van der Waals surface area contributed by atoms with Crippen molar-refractivity contribution in [3.8, 4) is 16.9 Å². The summed E-state index contributed by atoms with van der Waals surface area (Å²) in [6.07, 6.45) is 15.1. The van der Waals surface area contributed by atoms with Crippen molar-refractivity contribution in [1.29, 1.82) is 0 Å². The quantitative estimate of drug-likeness (QED) is 0.601. The monoisotopic (exact) mass is 326 g/mol. The third-order valence-electron chi connectivity index (χ3n) is 4.91. The molecule has 1 aliphatic carbocycles. The van der Waals surface area contributed by atoms with E-state index in [2.05, 4.69) is 91.9 Å². The molecule has 1 nitrogen and oxygen atoms in total. The maximum absolute atomic E-state index is 6.30. The molecule has 0 bridgehead atoms. The Labute approximate surface area is 149 Å². The van der Waals surface area contributed by atoms with Crippen LogP contribution in [-0.4, -0.2) is 6.10 Å². The van der Waals surface area contributed by atoms with Crippen LogP contribution in [0.25, 0.3) is 16.7 Å². The Bertz CT molecular complexity index is 911. The molecule has 2 aromatic carbocycles. The maximum atomic E-state index is 6.30. The van der Waals surface area contributed by atoms with E-state index in [1.165, 1.54) is 27.8 Å². The van der Waals surface area contributed by atoms with Gasteiger partial charge in [-0.2, -0.15) is 0 Å². The third kappa shape index (κ3) is 2.76. The van der Waals surface area contributed by atoms with Gasteiger partial charge in [-0.3, -0.25) is 0 Å². The highest BCUT2D eigenvalue weighted by Gasteiger charge is 2.33. The van der Waals surface area contributed by atoms with Crippen molar-refractivity contribution in [2.45, 2.75) is 25.9 Å². The summed E-state index contributed by atoms with van der Waals surface area (Å²) in [6.45, 7) is 4.13. The van der Waals surface area contributed by atoms with E-state index in [1.807, 2.05) is 6.92 Å². The molecule has 25 heavy (non-hydrogen) atoms. The molecule has 0 saturated carbocycles. The Morgan fingerprint density at radius 3 is 2.68 bits per heavy atom. The lowest BCUT2D eigenvalue weighted by atomic mass is 9.90. The number of rotatable bonds is 3. The lowest BCUT2D eigenvalue weighted by molar-refractivity contribution is 0.270. The van der Waals surface area contributed by atoms with Crippen LogP contribution in [0.15, 0.2) is 85.0 Å². The van der Waals surface area contributed by atoms with Crippen LogP contribution in [0.3, 0.4) is 0 Å². The Hall–Kier alpha value is -2.80. The molecule has 0 spiro atoms. The molecule has 124 valence electrons. The Morgan fingerprint density at radius 1 is 1.00 bits per heavy atom. The van der Waals surface area contributed by atoms with Crippen LogP contribution in [0.2, 0.25) is 0 Å². The topological polar surface area (TPSA) is 9.23 Å². The second-order valence-corrected chi connectivity index (χ2v) is 6.43. The van der Waals surface area contributed by atoms with Crippen LogP contribution in [-0.2, 0) is 0 Å². The summed E-state index contributed by atoms with van der Waals surface area (Å²) < 4.78 is 6.30. The van der Waals surface area contributed by atoms with Crippen molar-refractivity contribution in [1.82, 2.24) is 0 Å². The highest BCUT2D eigenvalue weighted by atomic mass is 16.5. The first-order valence-corrected chi connectivity index (χ1v) is 8.86. The summed E-state index contributed by atoms with van der Waals surface area (Å²) in [5, 5.41) is 0. The third-order valence-corrected chi connectivity index (χ3v) is 4.91. The van der Waals surface area contributed by atoms with Gasteiger partial charge in [0.15, 0.2) is 0 Å². The summed E-state index contributed by atoms with van der Waals surface area (Å²) in [5.41, 5.74) is 6.12. The largest absolute Gasteiger partial charge is 0.484 e. The molecule has 4 rings (SSSR count). The zero-order chi connectivity index (χ0) is 17.2. The van der Waals surface area contributed by atoms with E-state index in [1.54, 1.807) is 0 Å². The standard InChI is InChI=1S/C24H22O/c1-3-9-17(4-2)18-10-7-11-19(16-18)20-13-8-14-22-21-12-5-6-15-23(21)25-24(20)22/h3-16,21,23H,1-2H3. The van der Waals surface area contributed by atoms with Crippen LogP contribution < -0.4 is 4.74 Å². The average molecular weight is 326 g/mol.